The first-order chi connectivity index (χ1) is 12.0. The monoisotopic (exact) mass is 378 g/mol. The summed E-state index contributed by atoms with van der Waals surface area (Å²) in [5.41, 5.74) is 1.56. The van der Waals surface area contributed by atoms with Crippen LogP contribution in [0.3, 0.4) is 0 Å². The maximum Gasteiger partial charge on any atom is 0.254 e. The molecule has 0 bridgehead atoms. The lowest BCUT2D eigenvalue weighted by atomic mass is 10.1. The summed E-state index contributed by atoms with van der Waals surface area (Å²) in [5, 5.41) is 3.64. The van der Waals surface area contributed by atoms with E-state index in [-0.39, 0.29) is 18.4 Å². The smallest absolute Gasteiger partial charge is 0.254 e. The third-order valence-electron chi connectivity index (χ3n) is 3.87. The Balaban J connectivity index is 1.72. The van der Waals surface area contributed by atoms with Crippen molar-refractivity contribution in [2.45, 2.75) is 13.0 Å². The van der Waals surface area contributed by atoms with Gasteiger partial charge in [0.2, 0.25) is 5.91 Å². The first-order valence-electron chi connectivity index (χ1n) is 7.72. The highest BCUT2D eigenvalue weighted by Gasteiger charge is 2.37. The van der Waals surface area contributed by atoms with Crippen molar-refractivity contribution in [1.29, 1.82) is 0 Å². The highest BCUT2D eigenvalue weighted by atomic mass is 35.5. The molecular weight excluding hydrogens is 363 g/mol. The predicted molar refractivity (Wildman–Crippen MR) is 97.3 cm³/mol. The van der Waals surface area contributed by atoms with Gasteiger partial charge in [0, 0.05) is 23.2 Å². The molecule has 25 heavy (non-hydrogen) atoms. The van der Waals surface area contributed by atoms with Gasteiger partial charge in [-0.05, 0) is 24.3 Å². The Morgan fingerprint density at radius 1 is 1.24 bits per heavy atom. The molecule has 0 saturated heterocycles. The van der Waals surface area contributed by atoms with Crippen molar-refractivity contribution in [3.05, 3.63) is 58.1 Å². The van der Waals surface area contributed by atoms with Crippen molar-refractivity contribution in [1.82, 2.24) is 5.32 Å². The molecule has 0 radical (unpaired) electrons. The summed E-state index contributed by atoms with van der Waals surface area (Å²) in [6, 6.07) is 11.7. The zero-order valence-corrected chi connectivity index (χ0v) is 15.0. The van der Waals surface area contributed by atoms with E-state index in [4.69, 9.17) is 27.9 Å². The molecule has 2 aromatic rings. The van der Waals surface area contributed by atoms with Crippen LogP contribution in [-0.2, 0) is 9.59 Å². The summed E-state index contributed by atoms with van der Waals surface area (Å²) in [7, 11) is 0. The standard InChI is InChI=1S/C18H16Cl2N2O3/c1-11(23)21-17-13-4-2-3-5-15(13)22(18(17)24)8-9-25-16-7-6-12(19)10-14(16)20/h2-7,10,17H,8-9H2,1H3,(H,21,23)/t17-/m0/s1. The molecule has 5 nitrogen and oxygen atoms in total. The summed E-state index contributed by atoms with van der Waals surface area (Å²) in [6.45, 7) is 1.99. The van der Waals surface area contributed by atoms with Gasteiger partial charge in [-0.25, -0.2) is 0 Å². The first-order valence-corrected chi connectivity index (χ1v) is 8.48. The van der Waals surface area contributed by atoms with Gasteiger partial charge in [-0.3, -0.25) is 9.59 Å². The fourth-order valence-corrected chi connectivity index (χ4v) is 3.26. The van der Waals surface area contributed by atoms with Gasteiger partial charge >= 0.3 is 0 Å². The second-order valence-corrected chi connectivity index (χ2v) is 6.45. The number of carbonyl (C=O) groups excluding carboxylic acids is 2. The Labute approximate surface area is 155 Å². The number of nitrogens with zero attached hydrogens (tertiary/aromatic N) is 1. The van der Waals surface area contributed by atoms with Gasteiger partial charge in [0.1, 0.15) is 18.4 Å². The number of nitrogens with one attached hydrogen (secondary N) is 1. The number of hydrogen-bond donors (Lipinski definition) is 1. The second kappa shape index (κ2) is 7.33. The van der Waals surface area contributed by atoms with Gasteiger partial charge in [-0.15, -0.1) is 0 Å². The van der Waals surface area contributed by atoms with Gasteiger partial charge in [-0.1, -0.05) is 41.4 Å². The van der Waals surface area contributed by atoms with E-state index in [0.29, 0.717) is 22.3 Å². The van der Waals surface area contributed by atoms with E-state index in [1.54, 1.807) is 23.1 Å². The first kappa shape index (κ1) is 17.6. The molecule has 2 aromatic carbocycles. The van der Waals surface area contributed by atoms with Gasteiger partial charge in [0.25, 0.3) is 5.91 Å². The molecule has 3 rings (SSSR count). The lowest BCUT2D eigenvalue weighted by Gasteiger charge is -2.18. The molecule has 1 atom stereocenters. The van der Waals surface area contributed by atoms with E-state index < -0.39 is 6.04 Å². The quantitative estimate of drug-likeness (QED) is 0.864. The van der Waals surface area contributed by atoms with E-state index in [1.807, 2.05) is 24.3 Å². The van der Waals surface area contributed by atoms with Gasteiger partial charge in [-0.2, -0.15) is 0 Å². The predicted octanol–water partition coefficient (Wildman–Crippen LogP) is 3.60. The van der Waals surface area contributed by atoms with Crippen molar-refractivity contribution in [3.8, 4) is 5.75 Å². The van der Waals surface area contributed by atoms with E-state index in [0.717, 1.165) is 11.3 Å². The highest BCUT2D eigenvalue weighted by molar-refractivity contribution is 6.35. The van der Waals surface area contributed by atoms with Crippen molar-refractivity contribution >= 4 is 40.7 Å². The average Bonchev–Trinajstić information content (AvgIpc) is 2.82. The number of amides is 2. The number of anilines is 1. The van der Waals surface area contributed by atoms with Crippen LogP contribution in [0.25, 0.3) is 0 Å². The molecule has 7 heteroatoms. The number of benzene rings is 2. The van der Waals surface area contributed by atoms with Crippen LogP contribution >= 0.6 is 23.2 Å². The molecule has 0 unspecified atom stereocenters. The summed E-state index contributed by atoms with van der Waals surface area (Å²) in [6.07, 6.45) is 0. The van der Waals surface area contributed by atoms with Crippen molar-refractivity contribution in [2.24, 2.45) is 0 Å². The van der Waals surface area contributed by atoms with Crippen molar-refractivity contribution in [2.75, 3.05) is 18.1 Å². The van der Waals surface area contributed by atoms with Crippen LogP contribution < -0.4 is 15.0 Å². The molecule has 1 heterocycles. The van der Waals surface area contributed by atoms with Crippen molar-refractivity contribution < 1.29 is 14.3 Å². The molecule has 0 aromatic heterocycles. The maximum absolute atomic E-state index is 12.7. The summed E-state index contributed by atoms with van der Waals surface area (Å²) >= 11 is 11.9. The number of rotatable bonds is 5. The molecule has 0 saturated carbocycles. The minimum absolute atomic E-state index is 0.179. The third-order valence-corrected chi connectivity index (χ3v) is 4.40. The molecule has 1 N–H and O–H groups in total. The fraction of sp³-hybridized carbons (Fsp3) is 0.222. The summed E-state index contributed by atoms with van der Waals surface area (Å²) in [5.74, 6) is 0.0748. The molecular formula is C18H16Cl2N2O3. The van der Waals surface area contributed by atoms with Crippen LogP contribution in [0.2, 0.25) is 10.0 Å². The Morgan fingerprint density at radius 3 is 2.72 bits per heavy atom. The number of ether oxygens (including phenoxy) is 1. The zero-order valence-electron chi connectivity index (χ0n) is 13.5. The highest BCUT2D eigenvalue weighted by Crippen LogP contribution is 2.35. The average molecular weight is 379 g/mol. The molecule has 1 aliphatic rings. The Bertz CT molecular complexity index is 826. The van der Waals surface area contributed by atoms with Crippen LogP contribution in [0.1, 0.15) is 18.5 Å². The summed E-state index contributed by atoms with van der Waals surface area (Å²) in [4.78, 5) is 25.7. The van der Waals surface area contributed by atoms with Gasteiger partial charge in [0.15, 0.2) is 0 Å². The SMILES string of the molecule is CC(=O)N[C@@H]1C(=O)N(CCOc2ccc(Cl)cc2Cl)c2ccccc21. The lowest BCUT2D eigenvalue weighted by Crippen LogP contribution is -2.38. The van der Waals surface area contributed by atoms with Crippen LogP contribution in [0.15, 0.2) is 42.5 Å². The Hall–Kier alpha value is -2.24. The van der Waals surface area contributed by atoms with E-state index in [2.05, 4.69) is 5.32 Å². The fourth-order valence-electron chi connectivity index (χ4n) is 2.80. The topological polar surface area (TPSA) is 58.6 Å². The molecule has 2 amide bonds. The van der Waals surface area contributed by atoms with Crippen molar-refractivity contribution in [3.63, 3.8) is 0 Å². The zero-order chi connectivity index (χ0) is 18.0. The van der Waals surface area contributed by atoms with E-state index >= 15 is 0 Å². The minimum Gasteiger partial charge on any atom is -0.490 e. The van der Waals surface area contributed by atoms with Crippen LogP contribution in [0.4, 0.5) is 5.69 Å². The minimum atomic E-state index is -0.659. The second-order valence-electron chi connectivity index (χ2n) is 5.61. The Kier molecular flexibility index (Phi) is 5.16. The van der Waals surface area contributed by atoms with Gasteiger partial charge < -0.3 is 15.0 Å². The van der Waals surface area contributed by atoms with E-state index in [9.17, 15) is 9.59 Å². The van der Waals surface area contributed by atoms with Gasteiger partial charge in [0.05, 0.1) is 11.6 Å². The van der Waals surface area contributed by atoms with Crippen LogP contribution in [0, 0.1) is 0 Å². The number of para-hydroxylation sites is 1. The molecule has 0 fully saturated rings. The Morgan fingerprint density at radius 2 is 2.00 bits per heavy atom. The number of hydrogen-bond acceptors (Lipinski definition) is 3. The normalized spacial score (nSPS) is 15.9. The molecule has 0 aliphatic carbocycles. The molecule has 1 aliphatic heterocycles. The largest absolute Gasteiger partial charge is 0.490 e. The molecule has 0 spiro atoms. The number of carbonyl (C=O) groups is 2. The molecule has 130 valence electrons. The van der Waals surface area contributed by atoms with Crippen LogP contribution in [-0.4, -0.2) is 25.0 Å². The van der Waals surface area contributed by atoms with E-state index in [1.165, 1.54) is 6.92 Å². The maximum atomic E-state index is 12.7. The van der Waals surface area contributed by atoms with Crippen LogP contribution in [0.5, 0.6) is 5.75 Å². The number of halogens is 2. The third kappa shape index (κ3) is 3.72. The lowest BCUT2D eigenvalue weighted by molar-refractivity contribution is -0.126. The summed E-state index contributed by atoms with van der Waals surface area (Å²) < 4.78 is 5.66. The number of fused-ring (bicyclic) bond motifs is 1.